The Balaban J connectivity index is 2.29. The predicted molar refractivity (Wildman–Crippen MR) is 122 cm³/mol. The molecule has 0 spiro atoms. The normalized spacial score (nSPS) is 10.8. The minimum absolute atomic E-state index is 0.167. The highest BCUT2D eigenvalue weighted by atomic mass is 79.9. The first-order valence-electron chi connectivity index (χ1n) is 8.83. The van der Waals surface area contributed by atoms with Crippen molar-refractivity contribution in [3.05, 3.63) is 56.0 Å². The van der Waals surface area contributed by atoms with Crippen LogP contribution in [0.5, 0.6) is 11.5 Å². The van der Waals surface area contributed by atoms with Gasteiger partial charge in [0.2, 0.25) is 0 Å². The lowest BCUT2D eigenvalue weighted by atomic mass is 10.1. The van der Waals surface area contributed by atoms with Gasteiger partial charge < -0.3 is 19.5 Å². The van der Waals surface area contributed by atoms with Crippen LogP contribution in [-0.4, -0.2) is 32.2 Å². The van der Waals surface area contributed by atoms with Crippen LogP contribution < -0.4 is 14.8 Å². The molecule has 31 heavy (non-hydrogen) atoms. The van der Waals surface area contributed by atoms with Gasteiger partial charge in [-0.05, 0) is 42.8 Å². The third-order valence-electron chi connectivity index (χ3n) is 3.80. The fourth-order valence-corrected chi connectivity index (χ4v) is 3.15. The van der Waals surface area contributed by atoms with Crippen molar-refractivity contribution >= 4 is 62.8 Å². The number of carbonyl (C=O) groups excluding carboxylic acids is 2. The molecule has 0 fully saturated rings. The number of nitrogens with one attached hydrogen (secondary N) is 1. The second kappa shape index (κ2) is 11.6. The van der Waals surface area contributed by atoms with Crippen molar-refractivity contribution in [2.24, 2.45) is 0 Å². The maximum atomic E-state index is 12.6. The third kappa shape index (κ3) is 6.62. The number of hydrogen-bond acceptors (Lipinski definition) is 6. The van der Waals surface area contributed by atoms with Gasteiger partial charge in [-0.2, -0.15) is 5.26 Å². The van der Waals surface area contributed by atoms with E-state index in [2.05, 4.69) is 21.2 Å². The Kier molecular flexibility index (Phi) is 9.19. The summed E-state index contributed by atoms with van der Waals surface area (Å²) in [5.41, 5.74) is 0.572. The zero-order chi connectivity index (χ0) is 23.0. The van der Waals surface area contributed by atoms with E-state index >= 15 is 0 Å². The summed E-state index contributed by atoms with van der Waals surface area (Å²) in [5, 5.41) is 12.5. The Hall–Kier alpha value is -2.73. The monoisotopic (exact) mass is 526 g/mol. The number of rotatable bonds is 8. The molecule has 0 radical (unpaired) electrons. The van der Waals surface area contributed by atoms with Gasteiger partial charge in [0.05, 0.1) is 29.4 Å². The molecule has 0 saturated heterocycles. The van der Waals surface area contributed by atoms with Crippen molar-refractivity contribution in [2.75, 3.05) is 25.6 Å². The van der Waals surface area contributed by atoms with Gasteiger partial charge in [-0.15, -0.1) is 0 Å². The number of hydrogen-bond donors (Lipinski definition) is 1. The summed E-state index contributed by atoms with van der Waals surface area (Å²) in [6.45, 7) is 1.64. The molecule has 0 bridgehead atoms. The summed E-state index contributed by atoms with van der Waals surface area (Å²) in [6.07, 6.45) is 1.37. The fourth-order valence-electron chi connectivity index (χ4n) is 2.37. The molecule has 0 unspecified atom stereocenters. The molecule has 10 heteroatoms. The number of carbonyl (C=O) groups is 2. The highest BCUT2D eigenvalue weighted by Crippen LogP contribution is 2.35. The van der Waals surface area contributed by atoms with Crippen LogP contribution in [0.15, 0.2) is 40.4 Å². The Bertz CT molecular complexity index is 1070. The van der Waals surface area contributed by atoms with E-state index in [1.807, 2.05) is 6.07 Å². The average Bonchev–Trinajstić information content (AvgIpc) is 2.74. The number of anilines is 1. The number of halogens is 3. The molecule has 162 valence electrons. The average molecular weight is 528 g/mol. The topological polar surface area (TPSA) is 97.7 Å². The summed E-state index contributed by atoms with van der Waals surface area (Å²) in [6, 6.07) is 9.74. The minimum atomic E-state index is -0.667. The van der Waals surface area contributed by atoms with Crippen molar-refractivity contribution < 1.29 is 23.8 Å². The number of nitrogens with zero attached hydrogens (tertiary/aromatic N) is 1. The minimum Gasteiger partial charge on any atom is -0.493 e. The van der Waals surface area contributed by atoms with Crippen molar-refractivity contribution in [2.45, 2.75) is 6.92 Å². The van der Waals surface area contributed by atoms with Crippen LogP contribution in [0.25, 0.3) is 6.08 Å². The number of ether oxygens (including phenoxy) is 3. The molecule has 1 N–H and O–H groups in total. The lowest BCUT2D eigenvalue weighted by molar-refractivity contribution is -0.145. The van der Waals surface area contributed by atoms with E-state index < -0.39 is 11.9 Å². The van der Waals surface area contributed by atoms with Gasteiger partial charge in [-0.25, -0.2) is 4.79 Å². The summed E-state index contributed by atoms with van der Waals surface area (Å²) in [4.78, 5) is 24.1. The molecule has 0 saturated carbocycles. The number of nitriles is 1. The molecular weight excluding hydrogens is 511 g/mol. The maximum absolute atomic E-state index is 12.6. The van der Waals surface area contributed by atoms with Crippen LogP contribution in [0.2, 0.25) is 10.0 Å². The van der Waals surface area contributed by atoms with Gasteiger partial charge in [0.25, 0.3) is 5.91 Å². The standard InChI is InChI=1S/C21H17BrCl2N2O5/c1-3-30-19(27)11-31-18-9-14(22)12(8-17(18)29-2)7-13(10-25)21(28)26-16-6-4-5-15(23)20(16)24/h4-9H,3,11H2,1-2H3,(H,26,28)/b13-7-. The smallest absolute Gasteiger partial charge is 0.344 e. The fraction of sp³-hybridized carbons (Fsp3) is 0.190. The van der Waals surface area contributed by atoms with Crippen LogP contribution >= 0.6 is 39.1 Å². The summed E-state index contributed by atoms with van der Waals surface area (Å²) >= 11 is 15.4. The third-order valence-corrected chi connectivity index (χ3v) is 5.30. The molecule has 2 aromatic rings. The van der Waals surface area contributed by atoms with E-state index in [1.165, 1.54) is 13.2 Å². The zero-order valence-electron chi connectivity index (χ0n) is 16.5. The first-order chi connectivity index (χ1) is 14.8. The number of benzene rings is 2. The van der Waals surface area contributed by atoms with Crippen molar-refractivity contribution in [3.8, 4) is 17.6 Å². The maximum Gasteiger partial charge on any atom is 0.344 e. The molecule has 7 nitrogen and oxygen atoms in total. The van der Waals surface area contributed by atoms with E-state index in [0.717, 1.165) is 0 Å². The van der Waals surface area contributed by atoms with E-state index in [4.69, 9.17) is 37.4 Å². The van der Waals surface area contributed by atoms with Gasteiger partial charge in [0, 0.05) is 4.47 Å². The SMILES string of the molecule is CCOC(=O)COc1cc(Br)c(/C=C(/C#N)C(=O)Nc2cccc(Cl)c2Cl)cc1OC. The number of amides is 1. The van der Waals surface area contributed by atoms with Crippen LogP contribution in [0.1, 0.15) is 12.5 Å². The Labute approximate surface area is 197 Å². The van der Waals surface area contributed by atoms with Crippen LogP contribution in [0, 0.1) is 11.3 Å². The van der Waals surface area contributed by atoms with E-state index in [-0.39, 0.29) is 40.3 Å². The summed E-state index contributed by atoms with van der Waals surface area (Å²) in [5.74, 6) is -0.601. The Morgan fingerprint density at radius 2 is 2.00 bits per heavy atom. The predicted octanol–water partition coefficient (Wildman–Crippen LogP) is 5.25. The second-order valence-corrected chi connectivity index (χ2v) is 7.48. The lowest BCUT2D eigenvalue weighted by Gasteiger charge is -2.13. The van der Waals surface area contributed by atoms with Gasteiger partial charge in [0.15, 0.2) is 18.1 Å². The van der Waals surface area contributed by atoms with Crippen molar-refractivity contribution in [1.82, 2.24) is 0 Å². The number of methoxy groups -OCH3 is 1. The first-order valence-corrected chi connectivity index (χ1v) is 10.4. The molecule has 0 aliphatic rings. The first kappa shape index (κ1) is 24.5. The Morgan fingerprint density at radius 1 is 1.26 bits per heavy atom. The molecule has 0 heterocycles. The van der Waals surface area contributed by atoms with Crippen molar-refractivity contribution in [1.29, 1.82) is 5.26 Å². The van der Waals surface area contributed by atoms with Crippen molar-refractivity contribution in [3.63, 3.8) is 0 Å². The van der Waals surface area contributed by atoms with E-state index in [0.29, 0.717) is 15.8 Å². The van der Waals surface area contributed by atoms with Gasteiger partial charge in [0.1, 0.15) is 11.6 Å². The molecule has 1 amide bonds. The highest BCUT2D eigenvalue weighted by molar-refractivity contribution is 9.10. The highest BCUT2D eigenvalue weighted by Gasteiger charge is 2.16. The second-order valence-electron chi connectivity index (χ2n) is 5.84. The number of esters is 1. The van der Waals surface area contributed by atoms with Crippen LogP contribution in [0.3, 0.4) is 0 Å². The molecule has 2 aromatic carbocycles. The molecule has 0 atom stereocenters. The molecule has 0 aromatic heterocycles. The molecule has 0 aliphatic heterocycles. The van der Waals surface area contributed by atoms with Gasteiger partial charge >= 0.3 is 5.97 Å². The van der Waals surface area contributed by atoms with Gasteiger partial charge in [-0.3, -0.25) is 4.79 Å². The zero-order valence-corrected chi connectivity index (χ0v) is 19.6. The quantitative estimate of drug-likeness (QED) is 0.286. The molecule has 0 aliphatic carbocycles. The van der Waals surface area contributed by atoms with Gasteiger partial charge in [-0.1, -0.05) is 45.2 Å². The molecule has 2 rings (SSSR count). The Morgan fingerprint density at radius 3 is 2.65 bits per heavy atom. The lowest BCUT2D eigenvalue weighted by Crippen LogP contribution is -2.15. The van der Waals surface area contributed by atoms with E-state index in [9.17, 15) is 14.9 Å². The molecular formula is C21H17BrCl2N2O5. The largest absolute Gasteiger partial charge is 0.493 e. The summed E-state index contributed by atoms with van der Waals surface area (Å²) < 4.78 is 16.1. The van der Waals surface area contributed by atoms with E-state index in [1.54, 1.807) is 37.3 Å². The van der Waals surface area contributed by atoms with Crippen LogP contribution in [0.4, 0.5) is 5.69 Å². The van der Waals surface area contributed by atoms with Crippen LogP contribution in [-0.2, 0) is 14.3 Å². The summed E-state index contributed by atoms with van der Waals surface area (Å²) in [7, 11) is 1.42.